The largest absolute Gasteiger partial charge is 0.380 e. The summed E-state index contributed by atoms with van der Waals surface area (Å²) in [5.41, 5.74) is 3.95. The molecular weight excluding hydrogens is 314 g/mol. The maximum Gasteiger partial charge on any atom is 0.251 e. The molecule has 1 amide bonds. The van der Waals surface area contributed by atoms with Crippen LogP contribution in [-0.4, -0.2) is 22.6 Å². The van der Waals surface area contributed by atoms with Gasteiger partial charge in [0.15, 0.2) is 0 Å². The van der Waals surface area contributed by atoms with E-state index in [-0.39, 0.29) is 5.91 Å². The zero-order valence-corrected chi connectivity index (χ0v) is 14.2. The Morgan fingerprint density at radius 3 is 2.56 bits per heavy atom. The SMILES string of the molecule is COCc1ccc(C(=O)NCc2ccccc2Cn2ccnc2)cc1. The van der Waals surface area contributed by atoms with Gasteiger partial charge in [-0.2, -0.15) is 0 Å². The predicted octanol–water partition coefficient (Wildman–Crippen LogP) is 3.01. The van der Waals surface area contributed by atoms with Crippen LogP contribution >= 0.6 is 0 Å². The summed E-state index contributed by atoms with van der Waals surface area (Å²) in [6.45, 7) is 1.77. The van der Waals surface area contributed by atoms with Crippen molar-refractivity contribution in [2.45, 2.75) is 19.7 Å². The van der Waals surface area contributed by atoms with Gasteiger partial charge in [-0.25, -0.2) is 4.98 Å². The molecule has 0 fully saturated rings. The summed E-state index contributed by atoms with van der Waals surface area (Å²) in [6, 6.07) is 15.6. The third kappa shape index (κ3) is 4.55. The minimum atomic E-state index is -0.0820. The van der Waals surface area contributed by atoms with E-state index in [1.165, 1.54) is 0 Å². The molecule has 0 atom stereocenters. The van der Waals surface area contributed by atoms with Gasteiger partial charge in [-0.15, -0.1) is 0 Å². The quantitative estimate of drug-likeness (QED) is 0.722. The van der Waals surface area contributed by atoms with E-state index in [1.807, 2.05) is 53.2 Å². The molecule has 0 spiro atoms. The second kappa shape index (κ2) is 8.26. The van der Waals surface area contributed by atoms with E-state index in [2.05, 4.69) is 16.4 Å². The maximum atomic E-state index is 12.4. The lowest BCUT2D eigenvalue weighted by molar-refractivity contribution is 0.0950. The van der Waals surface area contributed by atoms with Crippen LogP contribution in [0.1, 0.15) is 27.0 Å². The lowest BCUT2D eigenvalue weighted by Gasteiger charge is -2.11. The molecule has 3 aromatic rings. The molecule has 1 N–H and O–H groups in total. The molecule has 1 heterocycles. The Morgan fingerprint density at radius 2 is 1.88 bits per heavy atom. The van der Waals surface area contributed by atoms with Gasteiger partial charge in [-0.3, -0.25) is 4.79 Å². The smallest absolute Gasteiger partial charge is 0.251 e. The molecule has 0 aliphatic rings. The molecule has 0 saturated carbocycles. The Labute approximate surface area is 147 Å². The summed E-state index contributed by atoms with van der Waals surface area (Å²) in [5, 5.41) is 2.99. The number of imidazole rings is 1. The minimum absolute atomic E-state index is 0.0820. The fourth-order valence-electron chi connectivity index (χ4n) is 2.66. The van der Waals surface area contributed by atoms with Gasteiger partial charge in [0.1, 0.15) is 0 Å². The average Bonchev–Trinajstić information content (AvgIpc) is 3.15. The highest BCUT2D eigenvalue weighted by Crippen LogP contribution is 2.11. The maximum absolute atomic E-state index is 12.4. The topological polar surface area (TPSA) is 56.1 Å². The van der Waals surface area contributed by atoms with Crippen molar-refractivity contribution in [1.29, 1.82) is 0 Å². The van der Waals surface area contributed by atoms with Gasteiger partial charge in [-0.05, 0) is 28.8 Å². The van der Waals surface area contributed by atoms with E-state index in [1.54, 1.807) is 19.6 Å². The van der Waals surface area contributed by atoms with Gasteiger partial charge >= 0.3 is 0 Å². The first kappa shape index (κ1) is 16.9. The van der Waals surface area contributed by atoms with Gasteiger partial charge in [-0.1, -0.05) is 36.4 Å². The van der Waals surface area contributed by atoms with Crippen LogP contribution in [0.5, 0.6) is 0 Å². The first-order chi connectivity index (χ1) is 12.3. The Balaban J connectivity index is 1.64. The van der Waals surface area contributed by atoms with Gasteiger partial charge in [0.25, 0.3) is 5.91 Å². The Hall–Kier alpha value is -2.92. The standard InChI is InChI=1S/C20H21N3O2/c1-25-14-16-6-8-17(9-7-16)20(24)22-12-18-4-2-3-5-19(18)13-23-11-10-21-15-23/h2-11,15H,12-14H2,1H3,(H,22,24). The summed E-state index contributed by atoms with van der Waals surface area (Å²) >= 11 is 0. The molecule has 3 rings (SSSR count). The monoisotopic (exact) mass is 335 g/mol. The van der Waals surface area contributed by atoms with Crippen LogP contribution in [0.15, 0.2) is 67.3 Å². The molecule has 25 heavy (non-hydrogen) atoms. The van der Waals surface area contributed by atoms with Gasteiger partial charge in [0, 0.05) is 38.2 Å². The van der Waals surface area contributed by atoms with E-state index in [4.69, 9.17) is 4.74 Å². The molecule has 1 aromatic heterocycles. The van der Waals surface area contributed by atoms with Crippen LogP contribution in [0, 0.1) is 0 Å². The number of nitrogens with one attached hydrogen (secondary N) is 1. The van der Waals surface area contributed by atoms with Crippen LogP contribution in [0.3, 0.4) is 0 Å². The van der Waals surface area contributed by atoms with Crippen LogP contribution in [0.4, 0.5) is 0 Å². The number of amides is 1. The van der Waals surface area contributed by atoms with Crippen LogP contribution < -0.4 is 5.32 Å². The second-order valence-electron chi connectivity index (χ2n) is 5.82. The number of carbonyl (C=O) groups excluding carboxylic acids is 1. The number of ether oxygens (including phenoxy) is 1. The van der Waals surface area contributed by atoms with Crippen molar-refractivity contribution in [1.82, 2.24) is 14.9 Å². The number of nitrogens with zero attached hydrogens (tertiary/aromatic N) is 2. The minimum Gasteiger partial charge on any atom is -0.380 e. The summed E-state index contributed by atoms with van der Waals surface area (Å²) < 4.78 is 7.09. The van der Waals surface area contributed by atoms with E-state index >= 15 is 0 Å². The highest BCUT2D eigenvalue weighted by atomic mass is 16.5. The fourth-order valence-corrected chi connectivity index (χ4v) is 2.66. The summed E-state index contributed by atoms with van der Waals surface area (Å²) in [4.78, 5) is 16.4. The zero-order valence-electron chi connectivity index (χ0n) is 14.2. The molecular formula is C20H21N3O2. The Bertz CT molecular complexity index is 811. The van der Waals surface area contributed by atoms with E-state index in [9.17, 15) is 4.79 Å². The van der Waals surface area contributed by atoms with E-state index in [0.717, 1.165) is 23.2 Å². The Morgan fingerprint density at radius 1 is 1.12 bits per heavy atom. The highest BCUT2D eigenvalue weighted by molar-refractivity contribution is 5.94. The predicted molar refractivity (Wildman–Crippen MR) is 96.1 cm³/mol. The molecule has 5 heteroatoms. The van der Waals surface area contributed by atoms with Crippen molar-refractivity contribution in [2.75, 3.05) is 7.11 Å². The number of aromatic nitrogens is 2. The third-order valence-corrected chi connectivity index (χ3v) is 4.00. The Kier molecular flexibility index (Phi) is 5.59. The summed E-state index contributed by atoms with van der Waals surface area (Å²) in [7, 11) is 1.65. The number of rotatable bonds is 7. The summed E-state index contributed by atoms with van der Waals surface area (Å²) in [5.74, 6) is -0.0820. The van der Waals surface area contributed by atoms with Crippen LogP contribution in [0.25, 0.3) is 0 Å². The number of hydrogen-bond acceptors (Lipinski definition) is 3. The van der Waals surface area contributed by atoms with Crippen molar-refractivity contribution < 1.29 is 9.53 Å². The fraction of sp³-hybridized carbons (Fsp3) is 0.200. The molecule has 5 nitrogen and oxygen atoms in total. The van der Waals surface area contributed by atoms with Gasteiger partial charge in [0.2, 0.25) is 0 Å². The zero-order chi connectivity index (χ0) is 17.5. The number of hydrogen-bond donors (Lipinski definition) is 1. The molecule has 0 unspecified atom stereocenters. The highest BCUT2D eigenvalue weighted by Gasteiger charge is 2.08. The average molecular weight is 335 g/mol. The van der Waals surface area contributed by atoms with E-state index in [0.29, 0.717) is 18.7 Å². The molecule has 0 saturated heterocycles. The van der Waals surface area contributed by atoms with Crippen molar-refractivity contribution in [3.05, 3.63) is 89.5 Å². The number of carbonyl (C=O) groups is 1. The normalized spacial score (nSPS) is 10.6. The molecule has 0 radical (unpaired) electrons. The number of methoxy groups -OCH3 is 1. The molecule has 0 bridgehead atoms. The first-order valence-electron chi connectivity index (χ1n) is 8.15. The van der Waals surface area contributed by atoms with Crippen molar-refractivity contribution in [2.24, 2.45) is 0 Å². The van der Waals surface area contributed by atoms with Gasteiger partial charge < -0.3 is 14.6 Å². The van der Waals surface area contributed by atoms with Crippen molar-refractivity contribution in [3.8, 4) is 0 Å². The number of benzene rings is 2. The lowest BCUT2D eigenvalue weighted by Crippen LogP contribution is -2.23. The van der Waals surface area contributed by atoms with Crippen LogP contribution in [0.2, 0.25) is 0 Å². The molecule has 128 valence electrons. The third-order valence-electron chi connectivity index (χ3n) is 4.00. The lowest BCUT2D eigenvalue weighted by atomic mass is 10.1. The van der Waals surface area contributed by atoms with Crippen molar-refractivity contribution in [3.63, 3.8) is 0 Å². The second-order valence-corrected chi connectivity index (χ2v) is 5.82. The van der Waals surface area contributed by atoms with Crippen LogP contribution in [-0.2, 0) is 24.4 Å². The van der Waals surface area contributed by atoms with Crippen molar-refractivity contribution >= 4 is 5.91 Å². The molecule has 2 aromatic carbocycles. The first-order valence-corrected chi connectivity index (χ1v) is 8.15. The summed E-state index contributed by atoms with van der Waals surface area (Å²) in [6.07, 6.45) is 5.48. The van der Waals surface area contributed by atoms with Gasteiger partial charge in [0.05, 0.1) is 12.9 Å². The molecule has 0 aliphatic heterocycles. The van der Waals surface area contributed by atoms with E-state index < -0.39 is 0 Å². The molecule has 0 aliphatic carbocycles.